The number of hydrogen-bond acceptors (Lipinski definition) is 11. The molecule has 0 bridgehead atoms. The Kier molecular flexibility index (Phi) is 13.3. The molecule has 57 heavy (non-hydrogen) atoms. The Morgan fingerprint density at radius 3 is 2.23 bits per heavy atom. The lowest BCUT2D eigenvalue weighted by molar-refractivity contribution is -0.157. The van der Waals surface area contributed by atoms with Gasteiger partial charge in [-0.2, -0.15) is 4.31 Å². The second-order valence-corrected chi connectivity index (χ2v) is 19.7. The molecule has 1 aliphatic heterocycles. The molecule has 3 aromatic carbocycles. The highest BCUT2D eigenvalue weighted by molar-refractivity contribution is 7.88. The van der Waals surface area contributed by atoms with E-state index in [4.69, 9.17) is 30.5 Å². The third kappa shape index (κ3) is 12.2. The standard InChI is InChI=1S/C42H50ClN3O9S2/c1-40(2,3)54-33(47)25-52-35-34(43)36(56-37(35)38(48)55-41(4,5)6)28-15-13-17-30(23-28)44-31-20-21-46(42(7,8)24-31)57(50,51)26-27-14-12-16-29(22-27)45-39(49)53-32-18-10-9-11-19-32/h9-19,22-23,31,44H,20-21,24-26H2,1-8H3,(H,45,49)/t31-/m0/s1. The summed E-state index contributed by atoms with van der Waals surface area (Å²) in [7, 11) is -3.75. The zero-order valence-electron chi connectivity index (χ0n) is 33.4. The maximum Gasteiger partial charge on any atom is 0.417 e. The number of carbonyl (C=O) groups is 3. The Hall–Kier alpha value is -4.63. The summed E-state index contributed by atoms with van der Waals surface area (Å²) >= 11 is 7.98. The van der Waals surface area contributed by atoms with Crippen molar-refractivity contribution < 1.29 is 41.7 Å². The van der Waals surface area contributed by atoms with Crippen LogP contribution in [0, 0.1) is 0 Å². The molecule has 306 valence electrons. The number of piperidine rings is 1. The Labute approximate surface area is 343 Å². The molecule has 1 amide bonds. The number of thiophene rings is 1. The number of amides is 1. The molecular weight excluding hydrogens is 790 g/mol. The van der Waals surface area contributed by atoms with E-state index in [1.54, 1.807) is 94.4 Å². The zero-order chi connectivity index (χ0) is 41.8. The number of carbonyl (C=O) groups excluding carboxylic acids is 3. The molecule has 4 aromatic rings. The van der Waals surface area contributed by atoms with Crippen molar-refractivity contribution in [2.45, 2.75) is 96.8 Å². The summed E-state index contributed by atoms with van der Waals surface area (Å²) in [6, 6.07) is 22.8. The highest BCUT2D eigenvalue weighted by Gasteiger charge is 2.41. The van der Waals surface area contributed by atoms with Crippen LogP contribution in [0.2, 0.25) is 5.02 Å². The number of nitrogens with zero attached hydrogens (tertiary/aromatic N) is 1. The second kappa shape index (κ2) is 17.5. The van der Waals surface area contributed by atoms with E-state index in [9.17, 15) is 22.8 Å². The number of rotatable bonds is 12. The molecule has 1 saturated heterocycles. The normalized spacial score (nSPS) is 16.0. The summed E-state index contributed by atoms with van der Waals surface area (Å²) in [4.78, 5) is 38.9. The van der Waals surface area contributed by atoms with Crippen LogP contribution in [0.1, 0.15) is 83.5 Å². The van der Waals surface area contributed by atoms with Gasteiger partial charge in [-0.1, -0.05) is 54.1 Å². The molecule has 12 nitrogen and oxygen atoms in total. The van der Waals surface area contributed by atoms with Gasteiger partial charge in [0.05, 0.1) is 10.6 Å². The van der Waals surface area contributed by atoms with Crippen molar-refractivity contribution in [3.05, 3.63) is 94.3 Å². The predicted molar refractivity (Wildman–Crippen MR) is 224 cm³/mol. The van der Waals surface area contributed by atoms with E-state index < -0.39 is 51.4 Å². The molecule has 0 radical (unpaired) electrons. The number of hydrogen-bond donors (Lipinski definition) is 2. The fourth-order valence-corrected chi connectivity index (χ4v) is 9.85. The van der Waals surface area contributed by atoms with E-state index in [-0.39, 0.29) is 27.4 Å². The smallest absolute Gasteiger partial charge is 0.417 e. The molecule has 1 fully saturated rings. The highest BCUT2D eigenvalue weighted by Crippen LogP contribution is 2.47. The minimum atomic E-state index is -3.75. The first-order valence-electron chi connectivity index (χ1n) is 18.5. The summed E-state index contributed by atoms with van der Waals surface area (Å²) in [5, 5.41) is 6.40. The number of halogens is 1. The molecule has 1 aromatic heterocycles. The molecule has 1 aliphatic rings. The van der Waals surface area contributed by atoms with E-state index in [1.165, 1.54) is 0 Å². The van der Waals surface area contributed by atoms with Crippen molar-refractivity contribution >= 4 is 62.4 Å². The van der Waals surface area contributed by atoms with Crippen molar-refractivity contribution in [2.24, 2.45) is 0 Å². The van der Waals surface area contributed by atoms with Gasteiger partial charge in [0.25, 0.3) is 0 Å². The van der Waals surface area contributed by atoms with E-state index in [1.807, 2.05) is 44.2 Å². The van der Waals surface area contributed by atoms with Crippen molar-refractivity contribution in [3.8, 4) is 21.9 Å². The number of benzene rings is 3. The van der Waals surface area contributed by atoms with Gasteiger partial charge in [0.1, 0.15) is 22.0 Å². The van der Waals surface area contributed by atoms with Gasteiger partial charge in [-0.25, -0.2) is 22.8 Å². The van der Waals surface area contributed by atoms with Crippen LogP contribution in [-0.2, 0) is 30.0 Å². The maximum atomic E-state index is 13.9. The summed E-state index contributed by atoms with van der Waals surface area (Å²) in [6.07, 6.45) is 0.389. The summed E-state index contributed by atoms with van der Waals surface area (Å²) in [5.74, 6) is -1.06. The first-order valence-corrected chi connectivity index (χ1v) is 21.3. The first-order chi connectivity index (χ1) is 26.6. The average molecular weight is 840 g/mol. The van der Waals surface area contributed by atoms with Crippen LogP contribution < -0.4 is 20.1 Å². The van der Waals surface area contributed by atoms with Gasteiger partial charge in [0.15, 0.2) is 17.2 Å². The lowest BCUT2D eigenvalue weighted by Crippen LogP contribution is -2.55. The number of para-hydroxylation sites is 1. The third-order valence-electron chi connectivity index (χ3n) is 8.56. The molecular formula is C42H50ClN3O9S2. The fourth-order valence-electron chi connectivity index (χ4n) is 6.45. The quantitative estimate of drug-likeness (QED) is 0.132. The van der Waals surface area contributed by atoms with E-state index in [0.717, 1.165) is 17.0 Å². The largest absolute Gasteiger partial charge is 0.479 e. The average Bonchev–Trinajstić information content (AvgIpc) is 3.41. The van der Waals surface area contributed by atoms with E-state index in [0.29, 0.717) is 46.8 Å². The Morgan fingerprint density at radius 1 is 0.895 bits per heavy atom. The number of ether oxygens (including phenoxy) is 4. The second-order valence-electron chi connectivity index (χ2n) is 16.4. The Bertz CT molecular complexity index is 2190. The number of anilines is 2. The van der Waals surface area contributed by atoms with Crippen LogP contribution >= 0.6 is 22.9 Å². The fraction of sp³-hybridized carbons (Fsp3) is 0.405. The highest BCUT2D eigenvalue weighted by atomic mass is 35.5. The maximum absolute atomic E-state index is 13.9. The molecule has 5 rings (SSSR count). The summed E-state index contributed by atoms with van der Waals surface area (Å²) < 4.78 is 51.4. The predicted octanol–water partition coefficient (Wildman–Crippen LogP) is 9.54. The molecule has 15 heteroatoms. The van der Waals surface area contributed by atoms with Crippen molar-refractivity contribution in [3.63, 3.8) is 0 Å². The van der Waals surface area contributed by atoms with Crippen LogP contribution in [0.3, 0.4) is 0 Å². The SMILES string of the molecule is CC(C)(C)OC(=O)COc1c(C(=O)OC(C)(C)C)sc(-c2cccc(N[C@H]3CCN(S(=O)(=O)Cc4cccc(NC(=O)Oc5ccccc5)c4)C(C)(C)C3)c2)c1Cl. The van der Waals surface area contributed by atoms with Crippen LogP contribution in [0.4, 0.5) is 16.2 Å². The van der Waals surface area contributed by atoms with Gasteiger partial charge in [-0.05, 0) is 116 Å². The van der Waals surface area contributed by atoms with Gasteiger partial charge in [0, 0.05) is 29.5 Å². The number of sulfonamides is 1. The molecule has 0 aliphatic carbocycles. The van der Waals surface area contributed by atoms with Gasteiger partial charge >= 0.3 is 18.0 Å². The lowest BCUT2D eigenvalue weighted by atomic mass is 9.89. The molecule has 1 atom stereocenters. The minimum absolute atomic E-state index is 0.0408. The molecule has 2 N–H and O–H groups in total. The summed E-state index contributed by atoms with van der Waals surface area (Å²) in [6.45, 7) is 14.2. The van der Waals surface area contributed by atoms with Gasteiger partial charge < -0.3 is 24.3 Å². The lowest BCUT2D eigenvalue weighted by Gasteiger charge is -2.45. The van der Waals surface area contributed by atoms with Gasteiger partial charge in [0.2, 0.25) is 10.0 Å². The Morgan fingerprint density at radius 2 is 1.56 bits per heavy atom. The molecule has 0 unspecified atom stereocenters. The minimum Gasteiger partial charge on any atom is -0.479 e. The van der Waals surface area contributed by atoms with Gasteiger partial charge in [-0.15, -0.1) is 11.3 Å². The van der Waals surface area contributed by atoms with Gasteiger partial charge in [-0.3, -0.25) is 5.32 Å². The molecule has 2 heterocycles. The number of nitrogens with one attached hydrogen (secondary N) is 2. The van der Waals surface area contributed by atoms with E-state index in [2.05, 4.69) is 10.6 Å². The van der Waals surface area contributed by atoms with Crippen LogP contribution in [0.5, 0.6) is 11.5 Å². The van der Waals surface area contributed by atoms with Crippen molar-refractivity contribution in [1.82, 2.24) is 4.31 Å². The van der Waals surface area contributed by atoms with Crippen molar-refractivity contribution in [2.75, 3.05) is 23.8 Å². The Balaban J connectivity index is 1.27. The van der Waals surface area contributed by atoms with Crippen LogP contribution in [0.15, 0.2) is 78.9 Å². The van der Waals surface area contributed by atoms with Crippen LogP contribution in [0.25, 0.3) is 10.4 Å². The van der Waals surface area contributed by atoms with E-state index >= 15 is 0 Å². The zero-order valence-corrected chi connectivity index (χ0v) is 35.8. The van der Waals surface area contributed by atoms with Crippen molar-refractivity contribution in [1.29, 1.82) is 0 Å². The van der Waals surface area contributed by atoms with Crippen LogP contribution in [-0.4, -0.2) is 66.7 Å². The molecule has 0 spiro atoms. The third-order valence-corrected chi connectivity index (χ3v) is 12.3. The topological polar surface area (TPSA) is 150 Å². The summed E-state index contributed by atoms with van der Waals surface area (Å²) in [5.41, 5.74) is 0.199. The molecule has 0 saturated carbocycles. The monoisotopic (exact) mass is 839 g/mol. The number of esters is 2. The first kappa shape index (κ1) is 43.5.